The topological polar surface area (TPSA) is 49.4 Å². The average molecular weight is 302 g/mol. The monoisotopic (exact) mass is 302 g/mol. The highest BCUT2D eigenvalue weighted by Crippen LogP contribution is 2.19. The second-order valence-corrected chi connectivity index (χ2v) is 6.32. The molecule has 1 atom stereocenters. The Hall–Kier alpha value is -1.84. The van der Waals surface area contributed by atoms with E-state index in [1.54, 1.807) is 0 Å². The number of amides is 1. The Morgan fingerprint density at radius 3 is 2.68 bits per heavy atom. The standard InChI is InChI=1S/C18H26N2O2/c1-13-6-8-16(11-14(13)2)19-17-5-4-10-20(12-17)18(22)9-7-15(3)21/h6,8,11,17,19H,4-5,7,9-10,12H2,1-3H3/t17-/m0/s1. The van der Waals surface area contributed by atoms with E-state index < -0.39 is 0 Å². The molecule has 22 heavy (non-hydrogen) atoms. The quantitative estimate of drug-likeness (QED) is 0.909. The smallest absolute Gasteiger partial charge is 0.223 e. The second kappa shape index (κ2) is 7.43. The number of hydrogen-bond donors (Lipinski definition) is 1. The third-order valence-electron chi connectivity index (χ3n) is 4.34. The highest BCUT2D eigenvalue weighted by molar-refractivity contribution is 5.83. The first kappa shape index (κ1) is 16.5. The van der Waals surface area contributed by atoms with E-state index in [1.807, 2.05) is 4.90 Å². The maximum absolute atomic E-state index is 12.1. The lowest BCUT2D eigenvalue weighted by atomic mass is 10.0. The lowest BCUT2D eigenvalue weighted by molar-refractivity contribution is -0.133. The summed E-state index contributed by atoms with van der Waals surface area (Å²) >= 11 is 0. The van der Waals surface area contributed by atoms with E-state index in [0.717, 1.165) is 31.6 Å². The fraction of sp³-hybridized carbons (Fsp3) is 0.556. The van der Waals surface area contributed by atoms with Crippen molar-refractivity contribution in [1.82, 2.24) is 4.90 Å². The molecule has 0 saturated carbocycles. The molecule has 0 unspecified atom stereocenters. The predicted octanol–water partition coefficient (Wildman–Crippen LogP) is 3.08. The number of piperidine rings is 1. The fourth-order valence-electron chi connectivity index (χ4n) is 2.83. The van der Waals surface area contributed by atoms with Crippen molar-refractivity contribution in [1.29, 1.82) is 0 Å². The summed E-state index contributed by atoms with van der Waals surface area (Å²) < 4.78 is 0. The minimum Gasteiger partial charge on any atom is -0.381 e. The van der Waals surface area contributed by atoms with E-state index >= 15 is 0 Å². The minimum atomic E-state index is 0.0789. The Morgan fingerprint density at radius 1 is 1.23 bits per heavy atom. The summed E-state index contributed by atoms with van der Waals surface area (Å²) in [6.45, 7) is 7.28. The number of benzene rings is 1. The molecular formula is C18H26N2O2. The number of rotatable bonds is 5. The maximum Gasteiger partial charge on any atom is 0.223 e. The molecule has 1 aromatic rings. The van der Waals surface area contributed by atoms with Crippen LogP contribution in [0, 0.1) is 13.8 Å². The lowest BCUT2D eigenvalue weighted by Gasteiger charge is -2.34. The van der Waals surface area contributed by atoms with Crippen molar-refractivity contribution >= 4 is 17.4 Å². The summed E-state index contributed by atoms with van der Waals surface area (Å²) in [6, 6.07) is 6.66. The van der Waals surface area contributed by atoms with Crippen molar-refractivity contribution in [2.75, 3.05) is 18.4 Å². The summed E-state index contributed by atoms with van der Waals surface area (Å²) in [6.07, 6.45) is 2.77. The SMILES string of the molecule is CC(=O)CCC(=O)N1CCC[C@H](Nc2ccc(C)c(C)c2)C1. The number of carbonyl (C=O) groups is 2. The molecule has 0 aliphatic carbocycles. The van der Waals surface area contributed by atoms with Crippen molar-refractivity contribution < 1.29 is 9.59 Å². The van der Waals surface area contributed by atoms with Crippen LogP contribution in [0.3, 0.4) is 0 Å². The van der Waals surface area contributed by atoms with Crippen LogP contribution in [-0.4, -0.2) is 35.7 Å². The van der Waals surface area contributed by atoms with Crippen molar-refractivity contribution in [2.45, 2.75) is 52.5 Å². The maximum atomic E-state index is 12.1. The van der Waals surface area contributed by atoms with E-state index in [0.29, 0.717) is 12.8 Å². The molecule has 1 aliphatic heterocycles. The summed E-state index contributed by atoms with van der Waals surface area (Å²) in [4.78, 5) is 25.1. The molecular weight excluding hydrogens is 276 g/mol. The van der Waals surface area contributed by atoms with Crippen LogP contribution in [0.5, 0.6) is 0 Å². The van der Waals surface area contributed by atoms with Crippen LogP contribution in [0.2, 0.25) is 0 Å². The number of hydrogen-bond acceptors (Lipinski definition) is 3. The highest BCUT2D eigenvalue weighted by Gasteiger charge is 2.23. The number of anilines is 1. The largest absolute Gasteiger partial charge is 0.381 e. The van der Waals surface area contributed by atoms with Gasteiger partial charge in [-0.1, -0.05) is 6.07 Å². The molecule has 1 saturated heterocycles. The van der Waals surface area contributed by atoms with E-state index in [4.69, 9.17) is 0 Å². The van der Waals surface area contributed by atoms with Crippen LogP contribution in [0.4, 0.5) is 5.69 Å². The first-order valence-corrected chi connectivity index (χ1v) is 8.06. The molecule has 0 radical (unpaired) electrons. The summed E-state index contributed by atoms with van der Waals surface area (Å²) in [5.41, 5.74) is 3.68. The fourth-order valence-corrected chi connectivity index (χ4v) is 2.83. The third-order valence-corrected chi connectivity index (χ3v) is 4.34. The molecule has 2 rings (SSSR count). The van der Waals surface area contributed by atoms with Gasteiger partial charge in [0.25, 0.3) is 0 Å². The van der Waals surface area contributed by atoms with Gasteiger partial charge in [0.15, 0.2) is 0 Å². The zero-order valence-corrected chi connectivity index (χ0v) is 13.8. The van der Waals surface area contributed by atoms with Crippen LogP contribution in [-0.2, 0) is 9.59 Å². The number of nitrogens with zero attached hydrogens (tertiary/aromatic N) is 1. The van der Waals surface area contributed by atoms with Crippen LogP contribution in [0.25, 0.3) is 0 Å². The van der Waals surface area contributed by atoms with Gasteiger partial charge in [0.2, 0.25) is 5.91 Å². The lowest BCUT2D eigenvalue weighted by Crippen LogP contribution is -2.45. The van der Waals surface area contributed by atoms with E-state index in [9.17, 15) is 9.59 Å². The Labute approximate surface area is 132 Å². The number of nitrogens with one attached hydrogen (secondary N) is 1. The van der Waals surface area contributed by atoms with Gasteiger partial charge in [-0.2, -0.15) is 0 Å². The molecule has 1 amide bonds. The summed E-state index contributed by atoms with van der Waals surface area (Å²) in [5, 5.41) is 3.54. The molecule has 4 heteroatoms. The molecule has 0 spiro atoms. The molecule has 120 valence electrons. The number of carbonyl (C=O) groups excluding carboxylic acids is 2. The molecule has 4 nitrogen and oxygen atoms in total. The van der Waals surface area contributed by atoms with Gasteiger partial charge in [-0.3, -0.25) is 4.79 Å². The normalized spacial score (nSPS) is 18.1. The Balaban J connectivity index is 1.91. The third kappa shape index (κ3) is 4.58. The first-order chi connectivity index (χ1) is 10.5. The van der Waals surface area contributed by atoms with Gasteiger partial charge in [-0.25, -0.2) is 0 Å². The number of ketones is 1. The Kier molecular flexibility index (Phi) is 5.58. The van der Waals surface area contributed by atoms with Gasteiger partial charge in [0.1, 0.15) is 5.78 Å². The molecule has 1 N–H and O–H groups in total. The number of aryl methyl sites for hydroxylation is 2. The van der Waals surface area contributed by atoms with Crippen molar-refractivity contribution in [3.05, 3.63) is 29.3 Å². The van der Waals surface area contributed by atoms with Crippen molar-refractivity contribution in [2.24, 2.45) is 0 Å². The van der Waals surface area contributed by atoms with E-state index in [-0.39, 0.29) is 17.7 Å². The highest BCUT2D eigenvalue weighted by atomic mass is 16.2. The Bertz CT molecular complexity index is 554. The van der Waals surface area contributed by atoms with Gasteiger partial charge in [0, 0.05) is 37.7 Å². The van der Waals surface area contributed by atoms with E-state index in [1.165, 1.54) is 18.1 Å². The average Bonchev–Trinajstić information content (AvgIpc) is 2.49. The predicted molar refractivity (Wildman–Crippen MR) is 89.1 cm³/mol. The van der Waals surface area contributed by atoms with Gasteiger partial charge >= 0.3 is 0 Å². The number of likely N-dealkylation sites (tertiary alicyclic amines) is 1. The minimum absolute atomic E-state index is 0.0789. The zero-order chi connectivity index (χ0) is 16.1. The Morgan fingerprint density at radius 2 is 2.00 bits per heavy atom. The second-order valence-electron chi connectivity index (χ2n) is 6.32. The summed E-state index contributed by atoms with van der Waals surface area (Å²) in [5.74, 6) is 0.178. The van der Waals surface area contributed by atoms with Crippen molar-refractivity contribution in [3.63, 3.8) is 0 Å². The molecule has 0 bridgehead atoms. The zero-order valence-electron chi connectivity index (χ0n) is 13.8. The van der Waals surface area contributed by atoms with Crippen LogP contribution in [0.1, 0.15) is 43.7 Å². The summed E-state index contributed by atoms with van der Waals surface area (Å²) in [7, 11) is 0. The number of Topliss-reactive ketones (excluding diaryl/α,β-unsaturated/α-hetero) is 1. The van der Waals surface area contributed by atoms with Gasteiger partial charge in [-0.05, 0) is 56.9 Å². The van der Waals surface area contributed by atoms with Gasteiger partial charge in [0.05, 0.1) is 0 Å². The molecule has 1 aromatic carbocycles. The van der Waals surface area contributed by atoms with Gasteiger partial charge in [-0.15, -0.1) is 0 Å². The molecule has 1 aliphatic rings. The first-order valence-electron chi connectivity index (χ1n) is 8.06. The van der Waals surface area contributed by atoms with Crippen LogP contribution < -0.4 is 5.32 Å². The van der Waals surface area contributed by atoms with Gasteiger partial charge < -0.3 is 15.0 Å². The molecule has 1 heterocycles. The van der Waals surface area contributed by atoms with Crippen LogP contribution in [0.15, 0.2) is 18.2 Å². The van der Waals surface area contributed by atoms with Crippen molar-refractivity contribution in [3.8, 4) is 0 Å². The van der Waals surface area contributed by atoms with Crippen LogP contribution >= 0.6 is 0 Å². The molecule has 1 fully saturated rings. The van der Waals surface area contributed by atoms with E-state index in [2.05, 4.69) is 37.4 Å². The molecule has 0 aromatic heterocycles.